The van der Waals surface area contributed by atoms with E-state index in [2.05, 4.69) is 20.7 Å². The van der Waals surface area contributed by atoms with Crippen molar-refractivity contribution in [1.82, 2.24) is 20.7 Å². The minimum absolute atomic E-state index is 0.217. The Morgan fingerprint density at radius 2 is 2.64 bits per heavy atom. The van der Waals surface area contributed by atoms with Gasteiger partial charge in [-0.15, -0.1) is 11.6 Å². The molecule has 0 saturated carbocycles. The molecule has 0 aliphatic heterocycles. The van der Waals surface area contributed by atoms with Crippen molar-refractivity contribution in [2.75, 3.05) is 19.6 Å². The van der Waals surface area contributed by atoms with Crippen molar-refractivity contribution in [2.24, 2.45) is 0 Å². The molecule has 0 saturated heterocycles. The molecule has 1 rings (SSSR count). The summed E-state index contributed by atoms with van der Waals surface area (Å²) in [6.45, 7) is 0.368. The lowest BCUT2D eigenvalue weighted by Gasteiger charge is -2.13. The number of nitrogens with one attached hydrogen (secondary N) is 2. The fourth-order valence-corrected chi connectivity index (χ4v) is 1.06. The summed E-state index contributed by atoms with van der Waals surface area (Å²) in [5.41, 5.74) is 0.233. The van der Waals surface area contributed by atoms with E-state index < -0.39 is 0 Å². The molecule has 0 aliphatic carbocycles. The Morgan fingerprint density at radius 3 is 3.14 bits per heavy atom. The molecule has 7 heteroatoms. The molecule has 1 unspecified atom stereocenters. The summed E-state index contributed by atoms with van der Waals surface area (Å²) in [6.07, 6.45) is 1.34. The number of ether oxygens (including phenoxy) is 1. The van der Waals surface area contributed by atoms with Gasteiger partial charge in [-0.05, 0) is 0 Å². The number of aromatic amines is 1. The Hall–Kier alpha value is -1.14. The van der Waals surface area contributed by atoms with Gasteiger partial charge in [0.05, 0.1) is 18.8 Å². The highest BCUT2D eigenvalue weighted by molar-refractivity contribution is 6.18. The number of amides is 1. The zero-order chi connectivity index (χ0) is 10.4. The van der Waals surface area contributed by atoms with Crippen LogP contribution in [0.3, 0.4) is 0 Å². The number of hydrogen-bond donors (Lipinski definition) is 2. The largest absolute Gasteiger partial charge is 0.383 e. The standard InChI is InChI=1S/C7H11ClN4O2/c1-14-4-5(2-8)10-7(13)6-3-9-12-11-6/h3,5H,2,4H2,1H3,(H,10,13)(H,9,11,12). The van der Waals surface area contributed by atoms with Gasteiger partial charge in [-0.1, -0.05) is 0 Å². The van der Waals surface area contributed by atoms with Crippen LogP contribution in [0.15, 0.2) is 6.20 Å². The van der Waals surface area contributed by atoms with Gasteiger partial charge < -0.3 is 10.1 Å². The lowest BCUT2D eigenvalue weighted by atomic mass is 10.3. The summed E-state index contributed by atoms with van der Waals surface area (Å²) in [5, 5.41) is 12.2. The molecule has 78 valence electrons. The molecule has 1 atom stereocenters. The number of nitrogens with zero attached hydrogens (tertiary/aromatic N) is 2. The van der Waals surface area contributed by atoms with Crippen molar-refractivity contribution in [3.63, 3.8) is 0 Å². The molecule has 2 N–H and O–H groups in total. The van der Waals surface area contributed by atoms with E-state index >= 15 is 0 Å². The fraction of sp³-hybridized carbons (Fsp3) is 0.571. The van der Waals surface area contributed by atoms with E-state index in [1.54, 1.807) is 7.11 Å². The third kappa shape index (κ3) is 2.97. The van der Waals surface area contributed by atoms with E-state index in [1.807, 2.05) is 0 Å². The maximum atomic E-state index is 11.4. The normalized spacial score (nSPS) is 12.4. The molecular formula is C7H11ClN4O2. The summed E-state index contributed by atoms with van der Waals surface area (Å²) < 4.78 is 4.87. The first-order chi connectivity index (χ1) is 6.77. The van der Waals surface area contributed by atoms with Crippen LogP contribution in [0.1, 0.15) is 10.5 Å². The van der Waals surface area contributed by atoms with E-state index in [4.69, 9.17) is 16.3 Å². The number of rotatable bonds is 5. The molecule has 1 aromatic rings. The highest BCUT2D eigenvalue weighted by atomic mass is 35.5. The van der Waals surface area contributed by atoms with Gasteiger partial charge >= 0.3 is 0 Å². The minimum atomic E-state index is -0.318. The van der Waals surface area contributed by atoms with Gasteiger partial charge in [0, 0.05) is 13.0 Å². The van der Waals surface area contributed by atoms with Crippen molar-refractivity contribution < 1.29 is 9.53 Å². The van der Waals surface area contributed by atoms with Gasteiger partial charge in [0.1, 0.15) is 0 Å². The van der Waals surface area contributed by atoms with Gasteiger partial charge in [0.25, 0.3) is 5.91 Å². The van der Waals surface area contributed by atoms with E-state index in [1.165, 1.54) is 6.20 Å². The lowest BCUT2D eigenvalue weighted by Crippen LogP contribution is -2.39. The number of alkyl halides is 1. The molecule has 0 bridgehead atoms. The van der Waals surface area contributed by atoms with Crippen LogP contribution < -0.4 is 5.32 Å². The van der Waals surface area contributed by atoms with Crippen LogP contribution in [0.2, 0.25) is 0 Å². The van der Waals surface area contributed by atoms with Crippen LogP contribution in [-0.4, -0.2) is 47.0 Å². The monoisotopic (exact) mass is 218 g/mol. The molecule has 0 fully saturated rings. The highest BCUT2D eigenvalue weighted by Gasteiger charge is 2.14. The Balaban J connectivity index is 2.47. The number of aromatic nitrogens is 3. The first kappa shape index (κ1) is 10.9. The zero-order valence-electron chi connectivity index (χ0n) is 7.66. The van der Waals surface area contributed by atoms with Crippen molar-refractivity contribution in [3.8, 4) is 0 Å². The van der Waals surface area contributed by atoms with Crippen LogP contribution in [0, 0.1) is 0 Å². The molecule has 0 aromatic carbocycles. The minimum Gasteiger partial charge on any atom is -0.383 e. The van der Waals surface area contributed by atoms with E-state index in [9.17, 15) is 4.79 Å². The summed E-state index contributed by atoms with van der Waals surface area (Å²) in [6, 6.07) is -0.217. The number of carbonyl (C=O) groups excluding carboxylic acids is 1. The smallest absolute Gasteiger partial charge is 0.273 e. The highest BCUT2D eigenvalue weighted by Crippen LogP contribution is 1.94. The van der Waals surface area contributed by atoms with Crippen LogP contribution in [0.5, 0.6) is 0 Å². The van der Waals surface area contributed by atoms with Crippen molar-refractivity contribution in [1.29, 1.82) is 0 Å². The van der Waals surface area contributed by atoms with E-state index in [0.717, 1.165) is 0 Å². The Kier molecular flexibility index (Phi) is 4.34. The van der Waals surface area contributed by atoms with Crippen LogP contribution in [-0.2, 0) is 4.74 Å². The Morgan fingerprint density at radius 1 is 1.86 bits per heavy atom. The molecule has 0 radical (unpaired) electrons. The second-order valence-electron chi connectivity index (χ2n) is 2.64. The van der Waals surface area contributed by atoms with Gasteiger partial charge in [-0.2, -0.15) is 15.4 Å². The van der Waals surface area contributed by atoms with E-state index in [-0.39, 0.29) is 23.5 Å². The molecule has 14 heavy (non-hydrogen) atoms. The molecule has 6 nitrogen and oxygen atoms in total. The number of hydrogen-bond acceptors (Lipinski definition) is 4. The molecule has 1 aromatic heterocycles. The average molecular weight is 219 g/mol. The Labute approximate surface area is 86.0 Å². The summed E-state index contributed by atoms with van der Waals surface area (Å²) in [7, 11) is 1.54. The number of methoxy groups -OCH3 is 1. The number of halogens is 1. The second-order valence-corrected chi connectivity index (χ2v) is 2.94. The third-order valence-corrected chi connectivity index (χ3v) is 1.91. The fourth-order valence-electron chi connectivity index (χ4n) is 0.896. The molecule has 0 aliphatic rings. The average Bonchev–Trinajstić information content (AvgIpc) is 2.69. The number of H-pyrrole nitrogens is 1. The lowest BCUT2D eigenvalue weighted by molar-refractivity contribution is 0.0902. The summed E-state index contributed by atoms with van der Waals surface area (Å²) in [4.78, 5) is 11.4. The quantitative estimate of drug-likeness (QED) is 0.671. The van der Waals surface area contributed by atoms with Crippen LogP contribution >= 0.6 is 11.6 Å². The van der Waals surface area contributed by atoms with E-state index in [0.29, 0.717) is 6.61 Å². The zero-order valence-corrected chi connectivity index (χ0v) is 8.41. The second kappa shape index (κ2) is 5.56. The van der Waals surface area contributed by atoms with Crippen molar-refractivity contribution >= 4 is 17.5 Å². The van der Waals surface area contributed by atoms with Crippen LogP contribution in [0.25, 0.3) is 0 Å². The maximum absolute atomic E-state index is 11.4. The topological polar surface area (TPSA) is 79.9 Å². The summed E-state index contributed by atoms with van der Waals surface area (Å²) >= 11 is 5.61. The first-order valence-corrected chi connectivity index (χ1v) is 4.53. The molecule has 1 heterocycles. The maximum Gasteiger partial charge on any atom is 0.273 e. The third-order valence-electron chi connectivity index (χ3n) is 1.54. The SMILES string of the molecule is COCC(CCl)NC(=O)c1cn[nH]n1. The van der Waals surface area contributed by atoms with Gasteiger partial charge in [0.2, 0.25) is 0 Å². The van der Waals surface area contributed by atoms with Gasteiger partial charge in [0.15, 0.2) is 5.69 Å². The van der Waals surface area contributed by atoms with Crippen molar-refractivity contribution in [2.45, 2.75) is 6.04 Å². The van der Waals surface area contributed by atoms with Gasteiger partial charge in [-0.3, -0.25) is 4.79 Å². The molecule has 0 spiro atoms. The molecular weight excluding hydrogens is 208 g/mol. The van der Waals surface area contributed by atoms with Crippen molar-refractivity contribution in [3.05, 3.63) is 11.9 Å². The number of carbonyl (C=O) groups is 1. The van der Waals surface area contributed by atoms with Crippen LogP contribution in [0.4, 0.5) is 0 Å². The molecule has 1 amide bonds. The first-order valence-electron chi connectivity index (χ1n) is 3.99. The predicted molar refractivity (Wildman–Crippen MR) is 50.2 cm³/mol. The van der Waals surface area contributed by atoms with Gasteiger partial charge in [-0.25, -0.2) is 0 Å². The summed E-state index contributed by atoms with van der Waals surface area (Å²) in [5.74, 6) is -0.0290. The Bertz CT molecular complexity index is 277. The predicted octanol–water partition coefficient (Wildman–Crippen LogP) is -0.212.